The van der Waals surface area contributed by atoms with Crippen LogP contribution in [0.1, 0.15) is 4.88 Å². The van der Waals surface area contributed by atoms with Crippen molar-refractivity contribution in [1.29, 1.82) is 0 Å². The zero-order chi connectivity index (χ0) is 22.8. The lowest BCUT2D eigenvalue weighted by Gasteiger charge is -2.12. The van der Waals surface area contributed by atoms with E-state index in [2.05, 4.69) is 10.3 Å². The van der Waals surface area contributed by atoms with Gasteiger partial charge in [0, 0.05) is 16.5 Å². The Labute approximate surface area is 187 Å². The molecule has 0 spiro atoms. The molecule has 0 radical (unpaired) electrons. The summed E-state index contributed by atoms with van der Waals surface area (Å²) < 4.78 is 25.1. The van der Waals surface area contributed by atoms with Gasteiger partial charge in [0.1, 0.15) is 28.7 Å². The van der Waals surface area contributed by atoms with Crippen molar-refractivity contribution in [3.8, 4) is 22.6 Å². The van der Waals surface area contributed by atoms with Crippen LogP contribution in [0.15, 0.2) is 53.6 Å². The Morgan fingerprint density at radius 2 is 1.91 bits per heavy atom. The van der Waals surface area contributed by atoms with Crippen molar-refractivity contribution in [2.24, 2.45) is 0 Å². The normalized spacial score (nSPS) is 10.9. The third-order valence-corrected chi connectivity index (χ3v) is 6.00. The van der Waals surface area contributed by atoms with Crippen molar-refractivity contribution in [2.75, 3.05) is 19.5 Å². The second kappa shape index (κ2) is 8.80. The molecule has 9 heteroatoms. The number of carbonyl (C=O) groups is 1. The molecule has 0 aliphatic heterocycles. The second-order valence-electron chi connectivity index (χ2n) is 7.01. The van der Waals surface area contributed by atoms with Crippen molar-refractivity contribution in [3.05, 3.63) is 69.8 Å². The minimum Gasteiger partial charge on any atom is -0.497 e. The molecule has 2 aromatic carbocycles. The van der Waals surface area contributed by atoms with Gasteiger partial charge in [-0.05, 0) is 36.8 Å². The number of methoxy groups -OCH3 is 2. The molecule has 2 heterocycles. The average molecular weight is 453 g/mol. The number of aromatic nitrogens is 2. The molecule has 7 nitrogen and oxygen atoms in total. The van der Waals surface area contributed by atoms with Crippen molar-refractivity contribution in [2.45, 2.75) is 13.5 Å². The van der Waals surface area contributed by atoms with E-state index in [9.17, 15) is 14.0 Å². The van der Waals surface area contributed by atoms with E-state index in [4.69, 9.17) is 9.47 Å². The quantitative estimate of drug-likeness (QED) is 0.473. The number of nitrogens with zero attached hydrogens (tertiary/aromatic N) is 2. The Bertz CT molecular complexity index is 1360. The fourth-order valence-electron chi connectivity index (χ4n) is 3.47. The Kier molecular flexibility index (Phi) is 5.91. The lowest BCUT2D eigenvalue weighted by atomic mass is 10.0. The number of carbonyl (C=O) groups excluding carboxylic acids is 1. The van der Waals surface area contributed by atoms with Crippen LogP contribution in [0.2, 0.25) is 0 Å². The molecular formula is C23H20FN3O4S. The van der Waals surface area contributed by atoms with Crippen molar-refractivity contribution < 1.29 is 18.7 Å². The number of hydrogen-bond acceptors (Lipinski definition) is 6. The van der Waals surface area contributed by atoms with Crippen LogP contribution in [-0.4, -0.2) is 29.7 Å². The molecule has 0 saturated carbocycles. The van der Waals surface area contributed by atoms with Gasteiger partial charge in [-0.15, -0.1) is 11.3 Å². The first kappa shape index (κ1) is 21.5. The maximum atomic E-state index is 13.4. The molecule has 0 unspecified atom stereocenters. The van der Waals surface area contributed by atoms with Crippen LogP contribution >= 0.6 is 11.3 Å². The van der Waals surface area contributed by atoms with E-state index in [-0.39, 0.29) is 17.9 Å². The number of amides is 1. The van der Waals surface area contributed by atoms with E-state index < -0.39 is 5.91 Å². The van der Waals surface area contributed by atoms with Gasteiger partial charge in [-0.2, -0.15) is 0 Å². The number of fused-ring (bicyclic) bond motifs is 1. The van der Waals surface area contributed by atoms with E-state index in [0.717, 1.165) is 10.4 Å². The Morgan fingerprint density at radius 3 is 2.59 bits per heavy atom. The van der Waals surface area contributed by atoms with Crippen molar-refractivity contribution >= 4 is 33.1 Å². The molecule has 1 N–H and O–H groups in total. The predicted octanol–water partition coefficient (Wildman–Crippen LogP) is 4.23. The van der Waals surface area contributed by atoms with Crippen LogP contribution in [0, 0.1) is 12.7 Å². The molecule has 0 atom stereocenters. The fraction of sp³-hybridized carbons (Fsp3) is 0.174. The smallest absolute Gasteiger partial charge is 0.263 e. The van der Waals surface area contributed by atoms with Gasteiger partial charge >= 0.3 is 0 Å². The summed E-state index contributed by atoms with van der Waals surface area (Å²) in [6.45, 7) is 1.65. The molecule has 2 aromatic heterocycles. The Morgan fingerprint density at radius 1 is 1.16 bits per heavy atom. The number of hydrogen-bond donors (Lipinski definition) is 1. The third-order valence-electron chi connectivity index (χ3n) is 4.98. The number of thiophene rings is 1. The van der Waals surface area contributed by atoms with Gasteiger partial charge in [-0.3, -0.25) is 14.2 Å². The van der Waals surface area contributed by atoms with E-state index in [1.807, 2.05) is 6.92 Å². The van der Waals surface area contributed by atoms with Gasteiger partial charge in [0.05, 0.1) is 31.6 Å². The van der Waals surface area contributed by atoms with E-state index >= 15 is 0 Å². The lowest BCUT2D eigenvalue weighted by molar-refractivity contribution is -0.116. The molecular weight excluding hydrogens is 433 g/mol. The van der Waals surface area contributed by atoms with Gasteiger partial charge in [-0.25, -0.2) is 9.37 Å². The number of ether oxygens (including phenoxy) is 2. The fourth-order valence-corrected chi connectivity index (χ4v) is 4.47. The van der Waals surface area contributed by atoms with E-state index in [1.165, 1.54) is 48.6 Å². The van der Waals surface area contributed by atoms with Crippen molar-refractivity contribution in [1.82, 2.24) is 9.55 Å². The number of anilines is 1. The largest absolute Gasteiger partial charge is 0.497 e. The summed E-state index contributed by atoms with van der Waals surface area (Å²) in [6, 6.07) is 11.0. The van der Waals surface area contributed by atoms with Crippen LogP contribution in [0.4, 0.5) is 10.1 Å². The summed E-state index contributed by atoms with van der Waals surface area (Å²) in [5, 5.41) is 3.16. The first-order valence-corrected chi connectivity index (χ1v) is 10.5. The molecule has 4 aromatic rings. The van der Waals surface area contributed by atoms with Gasteiger partial charge in [0.15, 0.2) is 0 Å². The van der Waals surface area contributed by atoms with Gasteiger partial charge in [0.25, 0.3) is 5.56 Å². The van der Waals surface area contributed by atoms with Crippen LogP contribution in [0.25, 0.3) is 21.3 Å². The number of aryl methyl sites for hydroxylation is 1. The zero-order valence-corrected chi connectivity index (χ0v) is 18.5. The molecule has 0 fully saturated rings. The molecule has 0 aliphatic rings. The molecule has 32 heavy (non-hydrogen) atoms. The third kappa shape index (κ3) is 4.06. The SMILES string of the molecule is COc1ccc(OC)c(NC(=O)Cn2cnc3sc(C)c(-c4ccc(F)cc4)c3c2=O)c1. The zero-order valence-electron chi connectivity index (χ0n) is 17.6. The first-order valence-electron chi connectivity index (χ1n) is 9.67. The average Bonchev–Trinajstić information content (AvgIpc) is 3.13. The standard InChI is InChI=1S/C23H20FN3O4S/c1-13-20(14-4-6-15(24)7-5-14)21-22(32-13)25-12-27(23(21)29)11-19(28)26-17-10-16(30-2)8-9-18(17)31-3/h4-10,12H,11H2,1-3H3,(H,26,28). The highest BCUT2D eigenvalue weighted by Crippen LogP contribution is 2.35. The summed E-state index contributed by atoms with van der Waals surface area (Å²) >= 11 is 1.38. The minimum absolute atomic E-state index is 0.236. The summed E-state index contributed by atoms with van der Waals surface area (Å²) in [6.07, 6.45) is 1.36. The molecule has 0 aliphatic carbocycles. The predicted molar refractivity (Wildman–Crippen MR) is 122 cm³/mol. The highest BCUT2D eigenvalue weighted by molar-refractivity contribution is 7.19. The summed E-state index contributed by atoms with van der Waals surface area (Å²) in [5.74, 6) is 0.243. The minimum atomic E-state index is -0.421. The Hall–Kier alpha value is -3.72. The van der Waals surface area contributed by atoms with Gasteiger partial charge in [0.2, 0.25) is 5.91 Å². The summed E-state index contributed by atoms with van der Waals surface area (Å²) in [5.41, 5.74) is 1.51. The molecule has 1 amide bonds. The highest BCUT2D eigenvalue weighted by atomic mass is 32.1. The summed E-state index contributed by atoms with van der Waals surface area (Å²) in [4.78, 5) is 31.8. The lowest BCUT2D eigenvalue weighted by Crippen LogP contribution is -2.28. The number of rotatable bonds is 6. The first-order chi connectivity index (χ1) is 15.4. The maximum Gasteiger partial charge on any atom is 0.263 e. The van der Waals surface area contributed by atoms with Crippen LogP contribution in [0.3, 0.4) is 0 Å². The Balaban J connectivity index is 1.68. The molecule has 0 saturated heterocycles. The number of halogens is 1. The monoisotopic (exact) mass is 453 g/mol. The van der Waals surface area contributed by atoms with Crippen molar-refractivity contribution in [3.63, 3.8) is 0 Å². The molecule has 0 bridgehead atoms. The molecule has 4 rings (SSSR count). The van der Waals surface area contributed by atoms with Gasteiger partial charge in [-0.1, -0.05) is 12.1 Å². The van der Waals surface area contributed by atoms with Crippen LogP contribution < -0.4 is 20.3 Å². The molecule has 164 valence electrons. The van der Waals surface area contributed by atoms with Crippen LogP contribution in [-0.2, 0) is 11.3 Å². The second-order valence-corrected chi connectivity index (χ2v) is 8.22. The van der Waals surface area contributed by atoms with E-state index in [1.54, 1.807) is 30.3 Å². The topological polar surface area (TPSA) is 82.4 Å². The number of benzene rings is 2. The summed E-state index contributed by atoms with van der Waals surface area (Å²) in [7, 11) is 3.02. The van der Waals surface area contributed by atoms with E-state index in [0.29, 0.717) is 33.0 Å². The van der Waals surface area contributed by atoms with Gasteiger partial charge < -0.3 is 14.8 Å². The van der Waals surface area contributed by atoms with Crippen LogP contribution in [0.5, 0.6) is 11.5 Å². The maximum absolute atomic E-state index is 13.4. The highest BCUT2D eigenvalue weighted by Gasteiger charge is 2.18. The number of nitrogens with one attached hydrogen (secondary N) is 1.